The molecule has 0 radical (unpaired) electrons. The lowest BCUT2D eigenvalue weighted by molar-refractivity contribution is 0.414. The average Bonchev–Trinajstić information content (AvgIpc) is 2.17. The SMILES string of the molecule is COc1ccc(C)c(/C(C)=C\C(C)C)c1. The van der Waals surface area contributed by atoms with Crippen LogP contribution in [-0.2, 0) is 0 Å². The number of hydrogen-bond donors (Lipinski definition) is 0. The summed E-state index contributed by atoms with van der Waals surface area (Å²) in [6, 6.07) is 6.21. The Morgan fingerprint density at radius 1 is 1.33 bits per heavy atom. The van der Waals surface area contributed by atoms with E-state index in [2.05, 4.69) is 45.9 Å². The lowest BCUT2D eigenvalue weighted by atomic mass is 9.98. The van der Waals surface area contributed by atoms with Crippen LogP contribution < -0.4 is 4.74 Å². The van der Waals surface area contributed by atoms with Gasteiger partial charge in [-0.15, -0.1) is 0 Å². The van der Waals surface area contributed by atoms with Crippen molar-refractivity contribution in [1.82, 2.24) is 0 Å². The van der Waals surface area contributed by atoms with E-state index < -0.39 is 0 Å². The van der Waals surface area contributed by atoms with Crippen LogP contribution in [0.15, 0.2) is 24.3 Å². The third-order valence-corrected chi connectivity index (χ3v) is 2.45. The highest BCUT2D eigenvalue weighted by Gasteiger charge is 2.03. The van der Waals surface area contributed by atoms with Gasteiger partial charge in [0, 0.05) is 0 Å². The molecule has 15 heavy (non-hydrogen) atoms. The fraction of sp³-hybridized carbons (Fsp3) is 0.429. The van der Waals surface area contributed by atoms with Gasteiger partial charge in [-0.05, 0) is 48.6 Å². The number of benzene rings is 1. The highest BCUT2D eigenvalue weighted by Crippen LogP contribution is 2.24. The Bertz CT molecular complexity index is 362. The third-order valence-electron chi connectivity index (χ3n) is 2.45. The van der Waals surface area contributed by atoms with Crippen LogP contribution in [0.5, 0.6) is 5.75 Å². The first-order valence-electron chi connectivity index (χ1n) is 5.38. The summed E-state index contributed by atoms with van der Waals surface area (Å²) >= 11 is 0. The largest absolute Gasteiger partial charge is 0.497 e. The van der Waals surface area contributed by atoms with E-state index in [0.717, 1.165) is 5.75 Å². The van der Waals surface area contributed by atoms with E-state index in [-0.39, 0.29) is 0 Å². The van der Waals surface area contributed by atoms with Crippen LogP contribution in [-0.4, -0.2) is 7.11 Å². The van der Waals surface area contributed by atoms with Crippen LogP contribution in [0, 0.1) is 12.8 Å². The molecule has 0 aromatic heterocycles. The first-order chi connectivity index (χ1) is 7.04. The van der Waals surface area contributed by atoms with Gasteiger partial charge >= 0.3 is 0 Å². The molecular formula is C14H20O. The fourth-order valence-electron chi connectivity index (χ4n) is 1.74. The predicted molar refractivity (Wildman–Crippen MR) is 66.2 cm³/mol. The molecule has 0 saturated carbocycles. The topological polar surface area (TPSA) is 9.23 Å². The molecule has 0 spiro atoms. The zero-order valence-corrected chi connectivity index (χ0v) is 10.3. The Hall–Kier alpha value is -1.24. The summed E-state index contributed by atoms with van der Waals surface area (Å²) in [6.45, 7) is 8.67. The molecule has 0 aliphatic heterocycles. The smallest absolute Gasteiger partial charge is 0.119 e. The van der Waals surface area contributed by atoms with Gasteiger partial charge < -0.3 is 4.74 Å². The van der Waals surface area contributed by atoms with Crippen molar-refractivity contribution in [3.05, 3.63) is 35.4 Å². The molecule has 0 atom stereocenters. The van der Waals surface area contributed by atoms with Crippen molar-refractivity contribution < 1.29 is 4.74 Å². The molecule has 0 aliphatic rings. The Labute approximate surface area is 92.8 Å². The number of rotatable bonds is 3. The number of methoxy groups -OCH3 is 1. The molecule has 0 N–H and O–H groups in total. The van der Waals surface area contributed by atoms with Crippen molar-refractivity contribution in [2.45, 2.75) is 27.7 Å². The summed E-state index contributed by atoms with van der Waals surface area (Å²) < 4.78 is 5.24. The van der Waals surface area contributed by atoms with Crippen molar-refractivity contribution in [2.24, 2.45) is 5.92 Å². The summed E-state index contributed by atoms with van der Waals surface area (Å²) in [7, 11) is 1.70. The molecule has 1 rings (SSSR count). The Balaban J connectivity index is 3.12. The molecule has 0 heterocycles. The van der Waals surface area contributed by atoms with Gasteiger partial charge in [0.15, 0.2) is 0 Å². The molecule has 82 valence electrons. The van der Waals surface area contributed by atoms with E-state index in [1.54, 1.807) is 7.11 Å². The van der Waals surface area contributed by atoms with E-state index in [0.29, 0.717) is 5.92 Å². The Morgan fingerprint density at radius 2 is 2.00 bits per heavy atom. The van der Waals surface area contributed by atoms with Gasteiger partial charge in [0.2, 0.25) is 0 Å². The highest BCUT2D eigenvalue weighted by molar-refractivity contribution is 5.67. The number of allylic oxidation sites excluding steroid dienone is 2. The summed E-state index contributed by atoms with van der Waals surface area (Å²) in [5, 5.41) is 0. The molecule has 0 saturated heterocycles. The zero-order chi connectivity index (χ0) is 11.4. The maximum Gasteiger partial charge on any atom is 0.119 e. The van der Waals surface area contributed by atoms with Gasteiger partial charge in [0.05, 0.1) is 7.11 Å². The molecule has 1 aromatic rings. The highest BCUT2D eigenvalue weighted by atomic mass is 16.5. The van der Waals surface area contributed by atoms with E-state index >= 15 is 0 Å². The van der Waals surface area contributed by atoms with Crippen LogP contribution in [0.4, 0.5) is 0 Å². The zero-order valence-electron chi connectivity index (χ0n) is 10.3. The second kappa shape index (κ2) is 5.01. The molecule has 1 aromatic carbocycles. The standard InChI is InChI=1S/C14H20O/c1-10(2)8-12(4)14-9-13(15-5)7-6-11(14)3/h6-10H,1-5H3/b12-8-. The maximum absolute atomic E-state index is 5.24. The van der Waals surface area contributed by atoms with Crippen LogP contribution in [0.3, 0.4) is 0 Å². The van der Waals surface area contributed by atoms with E-state index in [4.69, 9.17) is 4.74 Å². The Kier molecular flexibility index (Phi) is 3.96. The molecule has 0 bridgehead atoms. The molecule has 1 nitrogen and oxygen atoms in total. The lowest BCUT2D eigenvalue weighted by Crippen LogP contribution is -1.91. The van der Waals surface area contributed by atoms with Crippen molar-refractivity contribution in [2.75, 3.05) is 7.11 Å². The van der Waals surface area contributed by atoms with E-state index in [1.807, 2.05) is 6.07 Å². The molecule has 0 fully saturated rings. The second-order valence-corrected chi connectivity index (χ2v) is 4.27. The summed E-state index contributed by atoms with van der Waals surface area (Å²) in [4.78, 5) is 0. The van der Waals surface area contributed by atoms with Crippen molar-refractivity contribution in [3.8, 4) is 5.75 Å². The summed E-state index contributed by atoms with van der Waals surface area (Å²) in [5.41, 5.74) is 3.90. The molecule has 1 heteroatoms. The third kappa shape index (κ3) is 3.12. The predicted octanol–water partition coefficient (Wildman–Crippen LogP) is 4.06. The molecule has 0 amide bonds. The second-order valence-electron chi connectivity index (χ2n) is 4.27. The average molecular weight is 204 g/mol. The summed E-state index contributed by atoms with van der Waals surface area (Å²) in [5.74, 6) is 1.50. The minimum absolute atomic E-state index is 0.579. The van der Waals surface area contributed by atoms with Crippen LogP contribution in [0.1, 0.15) is 31.9 Å². The van der Waals surface area contributed by atoms with Gasteiger partial charge in [0.1, 0.15) is 5.75 Å². The van der Waals surface area contributed by atoms with Gasteiger partial charge in [-0.25, -0.2) is 0 Å². The van der Waals surface area contributed by atoms with Crippen molar-refractivity contribution in [3.63, 3.8) is 0 Å². The minimum Gasteiger partial charge on any atom is -0.497 e. The van der Waals surface area contributed by atoms with Crippen LogP contribution in [0.25, 0.3) is 5.57 Å². The first-order valence-corrected chi connectivity index (χ1v) is 5.38. The fourth-order valence-corrected chi connectivity index (χ4v) is 1.74. The van der Waals surface area contributed by atoms with Crippen LogP contribution >= 0.6 is 0 Å². The number of ether oxygens (including phenoxy) is 1. The quantitative estimate of drug-likeness (QED) is 0.721. The molecule has 0 unspecified atom stereocenters. The molecular weight excluding hydrogens is 184 g/mol. The van der Waals surface area contributed by atoms with E-state index in [1.165, 1.54) is 16.7 Å². The Morgan fingerprint density at radius 3 is 2.53 bits per heavy atom. The maximum atomic E-state index is 5.24. The molecule has 0 aliphatic carbocycles. The first kappa shape index (κ1) is 11.8. The van der Waals surface area contributed by atoms with Gasteiger partial charge in [-0.1, -0.05) is 26.0 Å². The van der Waals surface area contributed by atoms with Crippen molar-refractivity contribution in [1.29, 1.82) is 0 Å². The monoisotopic (exact) mass is 204 g/mol. The van der Waals surface area contributed by atoms with Gasteiger partial charge in [0.25, 0.3) is 0 Å². The normalized spacial score (nSPS) is 12.0. The van der Waals surface area contributed by atoms with Crippen molar-refractivity contribution >= 4 is 5.57 Å². The van der Waals surface area contributed by atoms with Crippen LogP contribution in [0.2, 0.25) is 0 Å². The summed E-state index contributed by atoms with van der Waals surface area (Å²) in [6.07, 6.45) is 2.28. The number of hydrogen-bond acceptors (Lipinski definition) is 1. The number of aryl methyl sites for hydroxylation is 1. The minimum atomic E-state index is 0.579. The lowest BCUT2D eigenvalue weighted by Gasteiger charge is -2.10. The van der Waals surface area contributed by atoms with Gasteiger partial charge in [-0.3, -0.25) is 0 Å². The van der Waals surface area contributed by atoms with Gasteiger partial charge in [-0.2, -0.15) is 0 Å². The van der Waals surface area contributed by atoms with E-state index in [9.17, 15) is 0 Å².